The molecule has 198 valence electrons. The van der Waals surface area contributed by atoms with Gasteiger partial charge in [0.2, 0.25) is 5.56 Å². The van der Waals surface area contributed by atoms with Crippen LogP contribution in [0.3, 0.4) is 0 Å². The average Bonchev–Trinajstić information content (AvgIpc) is 2.86. The van der Waals surface area contributed by atoms with Crippen LogP contribution in [0.4, 0.5) is 22.0 Å². The van der Waals surface area contributed by atoms with Crippen LogP contribution >= 0.6 is 0 Å². The number of rotatable bonds is 3. The summed E-state index contributed by atoms with van der Waals surface area (Å²) in [6.07, 6.45) is -2.83. The van der Waals surface area contributed by atoms with Gasteiger partial charge < -0.3 is 9.30 Å². The minimum Gasteiger partial charge on any atom is -0.373 e. The Hall–Kier alpha value is -3.80. The third-order valence-electron chi connectivity index (χ3n) is 6.71. The molecule has 0 spiro atoms. The van der Waals surface area contributed by atoms with Gasteiger partial charge in [-0.1, -0.05) is 0 Å². The van der Waals surface area contributed by atoms with Crippen molar-refractivity contribution >= 4 is 11.2 Å². The summed E-state index contributed by atoms with van der Waals surface area (Å²) < 4.78 is 76.4. The number of nitrogens with zero attached hydrogens (tertiary/aromatic N) is 5. The van der Waals surface area contributed by atoms with E-state index in [1.54, 1.807) is 33.2 Å². The number of alkyl halides is 3. The number of halogens is 5. The highest BCUT2D eigenvalue weighted by molar-refractivity contribution is 5.87. The van der Waals surface area contributed by atoms with Gasteiger partial charge in [-0.15, -0.1) is 0 Å². The van der Waals surface area contributed by atoms with E-state index in [-0.39, 0.29) is 46.3 Å². The maximum Gasteiger partial charge on any atom is 0.419 e. The predicted octanol–water partition coefficient (Wildman–Crippen LogP) is 5.33. The van der Waals surface area contributed by atoms with Crippen LogP contribution in [0, 0.1) is 25.5 Å². The summed E-state index contributed by atoms with van der Waals surface area (Å²) >= 11 is 0. The molecule has 0 saturated carbocycles. The molecule has 5 rings (SSSR count). The fraction of sp³-hybridized carbons (Fsp3) is 0.346. The van der Waals surface area contributed by atoms with Gasteiger partial charge in [0.1, 0.15) is 28.7 Å². The molecule has 1 aliphatic heterocycles. The number of hydrogen-bond donors (Lipinski definition) is 0. The van der Waals surface area contributed by atoms with Gasteiger partial charge in [0, 0.05) is 37.4 Å². The number of hydrogen-bond acceptors (Lipinski definition) is 6. The normalized spacial score (nSPS) is 18.2. The summed E-state index contributed by atoms with van der Waals surface area (Å²) in [6, 6.07) is 3.73. The smallest absolute Gasteiger partial charge is 0.373 e. The van der Waals surface area contributed by atoms with E-state index in [0.29, 0.717) is 36.9 Å². The van der Waals surface area contributed by atoms with Crippen molar-refractivity contribution in [3.63, 3.8) is 0 Å². The molecule has 1 aliphatic rings. The topological polar surface area (TPSA) is 82.8 Å². The van der Waals surface area contributed by atoms with Gasteiger partial charge in [0.15, 0.2) is 5.65 Å². The molecule has 0 N–H and O–H groups in total. The molecule has 4 aromatic rings. The Morgan fingerprint density at radius 2 is 1.74 bits per heavy atom. The van der Waals surface area contributed by atoms with E-state index < -0.39 is 28.9 Å². The maximum atomic E-state index is 15.1. The van der Waals surface area contributed by atoms with Crippen molar-refractivity contribution in [2.75, 3.05) is 6.61 Å². The van der Waals surface area contributed by atoms with Crippen LogP contribution < -0.4 is 5.56 Å². The minimum atomic E-state index is -5.06. The van der Waals surface area contributed by atoms with E-state index in [1.165, 1.54) is 10.6 Å². The number of aryl methyl sites for hydroxylation is 3. The van der Waals surface area contributed by atoms with Crippen molar-refractivity contribution in [1.82, 2.24) is 24.5 Å². The molecule has 0 amide bonds. The minimum absolute atomic E-state index is 0.0524. The van der Waals surface area contributed by atoms with E-state index in [1.807, 2.05) is 0 Å². The SMILES string of the molecule is Cc1nc2nc(C3CCOC(c4ccc(=O)n(C)c4)C3)nc(-c3cc(F)c(C(F)(F)F)cc3F)c2nc1C. The van der Waals surface area contributed by atoms with E-state index in [2.05, 4.69) is 19.9 Å². The summed E-state index contributed by atoms with van der Waals surface area (Å²) in [4.78, 5) is 29.7. The molecular formula is C26H22F5N5O2. The number of pyridine rings is 1. The predicted molar refractivity (Wildman–Crippen MR) is 127 cm³/mol. The van der Waals surface area contributed by atoms with Crippen molar-refractivity contribution in [2.45, 2.75) is 44.9 Å². The Morgan fingerprint density at radius 1 is 1.00 bits per heavy atom. The lowest BCUT2D eigenvalue weighted by molar-refractivity contribution is -0.140. The van der Waals surface area contributed by atoms with Crippen molar-refractivity contribution in [3.05, 3.63) is 80.8 Å². The lowest BCUT2D eigenvalue weighted by Gasteiger charge is -2.29. The molecule has 2 unspecified atom stereocenters. The van der Waals surface area contributed by atoms with Crippen LogP contribution in [0.1, 0.15) is 53.2 Å². The molecule has 1 aromatic carbocycles. The van der Waals surface area contributed by atoms with E-state index in [4.69, 9.17) is 4.74 Å². The number of fused-ring (bicyclic) bond motifs is 1. The molecular weight excluding hydrogens is 509 g/mol. The summed E-state index contributed by atoms with van der Waals surface area (Å²) in [5.74, 6) is -2.94. The van der Waals surface area contributed by atoms with E-state index in [0.717, 1.165) is 5.56 Å². The first-order chi connectivity index (χ1) is 17.9. The quantitative estimate of drug-likeness (QED) is 0.332. The zero-order valence-electron chi connectivity index (χ0n) is 20.6. The molecule has 1 saturated heterocycles. The lowest BCUT2D eigenvalue weighted by atomic mass is 9.91. The Labute approximate surface area is 213 Å². The van der Waals surface area contributed by atoms with E-state index in [9.17, 15) is 22.4 Å². The van der Waals surface area contributed by atoms with Crippen molar-refractivity contribution < 1.29 is 26.7 Å². The molecule has 38 heavy (non-hydrogen) atoms. The zero-order chi connectivity index (χ0) is 27.4. The first-order valence-electron chi connectivity index (χ1n) is 11.8. The fourth-order valence-electron chi connectivity index (χ4n) is 4.51. The van der Waals surface area contributed by atoms with Crippen LogP contribution in [0.25, 0.3) is 22.4 Å². The molecule has 1 fully saturated rings. The van der Waals surface area contributed by atoms with Gasteiger partial charge in [-0.25, -0.2) is 28.7 Å². The summed E-state index contributed by atoms with van der Waals surface area (Å²) in [5.41, 5.74) is -0.488. The highest BCUT2D eigenvalue weighted by Gasteiger charge is 2.36. The Bertz CT molecular complexity index is 1620. The molecule has 0 radical (unpaired) electrons. The first kappa shape index (κ1) is 25.8. The third-order valence-corrected chi connectivity index (χ3v) is 6.71. The van der Waals surface area contributed by atoms with Gasteiger partial charge in [-0.3, -0.25) is 4.79 Å². The number of benzene rings is 1. The lowest BCUT2D eigenvalue weighted by Crippen LogP contribution is -2.23. The fourth-order valence-corrected chi connectivity index (χ4v) is 4.51. The summed E-state index contributed by atoms with van der Waals surface area (Å²) in [6.45, 7) is 3.72. The van der Waals surface area contributed by atoms with Crippen LogP contribution in [-0.2, 0) is 18.0 Å². The largest absolute Gasteiger partial charge is 0.419 e. The van der Waals surface area contributed by atoms with E-state index >= 15 is 4.39 Å². The summed E-state index contributed by atoms with van der Waals surface area (Å²) in [5, 5.41) is 0. The Morgan fingerprint density at radius 3 is 2.45 bits per heavy atom. The second-order valence-electron chi connectivity index (χ2n) is 9.30. The number of ether oxygens (including phenoxy) is 1. The van der Waals surface area contributed by atoms with Crippen molar-refractivity contribution in [3.8, 4) is 11.3 Å². The third kappa shape index (κ3) is 4.75. The van der Waals surface area contributed by atoms with Gasteiger partial charge in [-0.2, -0.15) is 13.2 Å². The van der Waals surface area contributed by atoms with Crippen LogP contribution in [0.5, 0.6) is 0 Å². The highest BCUT2D eigenvalue weighted by atomic mass is 19.4. The molecule has 0 bridgehead atoms. The second kappa shape index (κ2) is 9.50. The summed E-state index contributed by atoms with van der Waals surface area (Å²) in [7, 11) is 1.63. The second-order valence-corrected chi connectivity index (χ2v) is 9.30. The van der Waals surface area contributed by atoms with Crippen LogP contribution in [0.15, 0.2) is 35.3 Å². The Balaban J connectivity index is 1.63. The molecule has 3 aromatic heterocycles. The van der Waals surface area contributed by atoms with Gasteiger partial charge >= 0.3 is 6.18 Å². The van der Waals surface area contributed by atoms with Crippen molar-refractivity contribution in [2.24, 2.45) is 7.05 Å². The molecule has 2 atom stereocenters. The standard InChI is InChI=1S/C26H22F5N5O2/c1-12-13(2)33-25-23(32-12)22(16-9-19(28)17(10-18(16)27)26(29,30)31)34-24(35-25)14-6-7-38-20(8-14)15-4-5-21(37)36(3)11-15/h4-5,9-11,14,20H,6-8H2,1-3H3. The molecule has 0 aliphatic carbocycles. The molecule has 12 heteroatoms. The van der Waals surface area contributed by atoms with Gasteiger partial charge in [0.25, 0.3) is 0 Å². The molecule has 4 heterocycles. The monoisotopic (exact) mass is 531 g/mol. The maximum absolute atomic E-state index is 15.1. The average molecular weight is 531 g/mol. The van der Waals surface area contributed by atoms with Crippen LogP contribution in [-0.4, -0.2) is 31.1 Å². The van der Waals surface area contributed by atoms with Gasteiger partial charge in [-0.05, 0) is 50.5 Å². The zero-order valence-corrected chi connectivity index (χ0v) is 20.6. The molecule has 7 nitrogen and oxygen atoms in total. The highest BCUT2D eigenvalue weighted by Crippen LogP contribution is 2.39. The van der Waals surface area contributed by atoms with Crippen molar-refractivity contribution in [1.29, 1.82) is 0 Å². The number of aromatic nitrogens is 5. The Kier molecular flexibility index (Phi) is 6.46. The van der Waals surface area contributed by atoms with Crippen LogP contribution in [0.2, 0.25) is 0 Å². The van der Waals surface area contributed by atoms with Gasteiger partial charge in [0.05, 0.1) is 23.1 Å². The first-order valence-corrected chi connectivity index (χ1v) is 11.8.